The van der Waals surface area contributed by atoms with Crippen LogP contribution in [-0.2, 0) is 0 Å². The minimum atomic E-state index is -0.746. The van der Waals surface area contributed by atoms with Crippen molar-refractivity contribution in [3.05, 3.63) is 29.6 Å². The molecule has 0 aliphatic rings. The number of benzene rings is 1. The van der Waals surface area contributed by atoms with Crippen molar-refractivity contribution in [2.45, 2.75) is 19.1 Å². The third-order valence-corrected chi connectivity index (χ3v) is 1.88. The Bertz CT molecular complexity index is 307. The van der Waals surface area contributed by atoms with Crippen molar-refractivity contribution < 1.29 is 14.6 Å². The second-order valence-corrected chi connectivity index (χ2v) is 2.98. The van der Waals surface area contributed by atoms with Gasteiger partial charge in [-0.3, -0.25) is 0 Å². The Hall–Kier alpha value is -0.840. The quantitative estimate of drug-likeness (QED) is 0.706. The first-order valence-electron chi connectivity index (χ1n) is 3.94. The highest BCUT2D eigenvalue weighted by Crippen LogP contribution is 2.21. The number of phenols is 1. The van der Waals surface area contributed by atoms with Crippen LogP contribution in [0.1, 0.15) is 18.5 Å². The minimum Gasteiger partial charge on any atom is -0.505 e. The van der Waals surface area contributed by atoms with E-state index in [1.54, 1.807) is 0 Å². The zero-order valence-electron chi connectivity index (χ0n) is 7.64. The Morgan fingerprint density at radius 1 is 1.43 bits per heavy atom. The predicted molar refractivity (Wildman–Crippen MR) is 53.9 cm³/mol. The van der Waals surface area contributed by atoms with Crippen molar-refractivity contribution in [1.82, 2.24) is 0 Å². The molecule has 3 nitrogen and oxygen atoms in total. The molecule has 2 atom stereocenters. The van der Waals surface area contributed by atoms with Crippen molar-refractivity contribution in [3.8, 4) is 5.75 Å². The van der Waals surface area contributed by atoms with Gasteiger partial charge in [0.25, 0.3) is 0 Å². The third kappa shape index (κ3) is 2.83. The van der Waals surface area contributed by atoms with E-state index in [0.29, 0.717) is 5.56 Å². The molecule has 0 aliphatic carbocycles. The topological polar surface area (TPSA) is 66.5 Å². The molecule has 1 aromatic carbocycles. The van der Waals surface area contributed by atoms with Crippen molar-refractivity contribution >= 4 is 12.4 Å². The minimum absolute atomic E-state index is 0. The number of halogens is 2. The summed E-state index contributed by atoms with van der Waals surface area (Å²) in [6, 6.07) is 3.19. The van der Waals surface area contributed by atoms with E-state index in [0.717, 1.165) is 6.07 Å². The van der Waals surface area contributed by atoms with Crippen LogP contribution in [0.15, 0.2) is 18.2 Å². The highest BCUT2D eigenvalue weighted by Gasteiger charge is 2.13. The van der Waals surface area contributed by atoms with E-state index in [1.807, 2.05) is 0 Å². The van der Waals surface area contributed by atoms with E-state index >= 15 is 0 Å². The summed E-state index contributed by atoms with van der Waals surface area (Å²) >= 11 is 0. The lowest BCUT2D eigenvalue weighted by molar-refractivity contribution is 0.164. The van der Waals surface area contributed by atoms with Gasteiger partial charge in [0.15, 0.2) is 11.6 Å². The molecule has 5 heteroatoms. The van der Waals surface area contributed by atoms with E-state index in [-0.39, 0.29) is 12.4 Å². The van der Waals surface area contributed by atoms with E-state index in [9.17, 15) is 4.39 Å². The number of hydrogen-bond donors (Lipinski definition) is 3. The monoisotopic (exact) mass is 221 g/mol. The average Bonchev–Trinajstić information content (AvgIpc) is 2.08. The summed E-state index contributed by atoms with van der Waals surface area (Å²) in [5.74, 6) is -1.14. The Morgan fingerprint density at radius 3 is 2.43 bits per heavy atom. The lowest BCUT2D eigenvalue weighted by Crippen LogP contribution is -2.23. The second-order valence-electron chi connectivity index (χ2n) is 2.98. The van der Waals surface area contributed by atoms with E-state index in [2.05, 4.69) is 0 Å². The van der Waals surface area contributed by atoms with Gasteiger partial charge in [-0.1, -0.05) is 6.07 Å². The molecule has 80 valence electrons. The maximum atomic E-state index is 12.8. The molecule has 0 bridgehead atoms. The molecule has 0 fully saturated rings. The van der Waals surface area contributed by atoms with Gasteiger partial charge in [0, 0.05) is 0 Å². The summed E-state index contributed by atoms with van der Waals surface area (Å²) in [4.78, 5) is 0. The molecule has 0 radical (unpaired) electrons. The van der Waals surface area contributed by atoms with E-state index < -0.39 is 23.7 Å². The van der Waals surface area contributed by atoms with E-state index in [1.165, 1.54) is 19.1 Å². The predicted octanol–water partition coefficient (Wildman–Crippen LogP) is 1.33. The van der Waals surface area contributed by atoms with Crippen molar-refractivity contribution in [2.75, 3.05) is 0 Å². The number of aliphatic hydroxyl groups is 1. The van der Waals surface area contributed by atoms with Gasteiger partial charge in [0.1, 0.15) is 0 Å². The SMILES string of the molecule is C[C@H](O)[C@H](N)c1ccc(O)c(F)c1.Cl. The summed E-state index contributed by atoms with van der Waals surface area (Å²) in [5.41, 5.74) is 6.02. The molecule has 0 aromatic heterocycles. The standard InChI is InChI=1S/C9H12FNO2.ClH/c1-5(12)9(11)6-2-3-8(13)7(10)4-6;/h2-5,9,12-13H,11H2,1H3;1H/t5-,9-;/m0./s1. The molecule has 1 aromatic rings. The van der Waals surface area contributed by atoms with Gasteiger partial charge < -0.3 is 15.9 Å². The van der Waals surface area contributed by atoms with Crippen LogP contribution < -0.4 is 5.73 Å². The van der Waals surface area contributed by atoms with Gasteiger partial charge in [0.2, 0.25) is 0 Å². The Labute approximate surface area is 87.8 Å². The van der Waals surface area contributed by atoms with Crippen LogP contribution >= 0.6 is 12.4 Å². The smallest absolute Gasteiger partial charge is 0.165 e. The molecule has 1 rings (SSSR count). The zero-order valence-corrected chi connectivity index (χ0v) is 8.46. The second kappa shape index (κ2) is 5.14. The van der Waals surface area contributed by atoms with Gasteiger partial charge in [-0.2, -0.15) is 0 Å². The molecule has 0 aliphatic heterocycles. The van der Waals surface area contributed by atoms with Crippen LogP contribution in [0.5, 0.6) is 5.75 Å². The summed E-state index contributed by atoms with van der Waals surface area (Å²) in [7, 11) is 0. The summed E-state index contributed by atoms with van der Waals surface area (Å²) in [5, 5.41) is 18.0. The molecule has 0 spiro atoms. The van der Waals surface area contributed by atoms with Crippen LogP contribution in [0, 0.1) is 5.82 Å². The summed E-state index contributed by atoms with van der Waals surface area (Å²) in [6.07, 6.45) is -0.746. The molecule has 0 saturated carbocycles. The van der Waals surface area contributed by atoms with E-state index in [4.69, 9.17) is 15.9 Å². The molecule has 0 unspecified atom stereocenters. The first-order valence-corrected chi connectivity index (χ1v) is 3.94. The third-order valence-electron chi connectivity index (χ3n) is 1.88. The number of aromatic hydroxyl groups is 1. The van der Waals surface area contributed by atoms with Crippen LogP contribution in [0.3, 0.4) is 0 Å². The lowest BCUT2D eigenvalue weighted by Gasteiger charge is -2.14. The van der Waals surface area contributed by atoms with Crippen molar-refractivity contribution in [2.24, 2.45) is 5.73 Å². The first kappa shape index (κ1) is 13.2. The highest BCUT2D eigenvalue weighted by molar-refractivity contribution is 5.85. The van der Waals surface area contributed by atoms with Gasteiger partial charge in [0.05, 0.1) is 12.1 Å². The van der Waals surface area contributed by atoms with Crippen LogP contribution in [0.2, 0.25) is 0 Å². The largest absolute Gasteiger partial charge is 0.505 e. The number of nitrogens with two attached hydrogens (primary N) is 1. The van der Waals surface area contributed by atoms with Gasteiger partial charge >= 0.3 is 0 Å². The molecule has 0 amide bonds. The van der Waals surface area contributed by atoms with Crippen LogP contribution in [0.4, 0.5) is 4.39 Å². The number of hydrogen-bond acceptors (Lipinski definition) is 3. The first-order chi connectivity index (χ1) is 6.02. The molecular weight excluding hydrogens is 209 g/mol. The molecule has 0 heterocycles. The summed E-state index contributed by atoms with van der Waals surface area (Å²) < 4.78 is 12.8. The molecule has 4 N–H and O–H groups in total. The fourth-order valence-corrected chi connectivity index (χ4v) is 1.01. The number of rotatable bonds is 2. The fraction of sp³-hybridized carbons (Fsp3) is 0.333. The average molecular weight is 222 g/mol. The fourth-order valence-electron chi connectivity index (χ4n) is 1.01. The van der Waals surface area contributed by atoms with Gasteiger partial charge in [-0.25, -0.2) is 4.39 Å². The Morgan fingerprint density at radius 2 is 2.00 bits per heavy atom. The normalized spacial score (nSPS) is 14.3. The van der Waals surface area contributed by atoms with Crippen molar-refractivity contribution in [1.29, 1.82) is 0 Å². The van der Waals surface area contributed by atoms with Crippen molar-refractivity contribution in [3.63, 3.8) is 0 Å². The zero-order chi connectivity index (χ0) is 10.0. The van der Waals surface area contributed by atoms with Gasteiger partial charge in [-0.15, -0.1) is 12.4 Å². The van der Waals surface area contributed by atoms with Crippen LogP contribution in [-0.4, -0.2) is 16.3 Å². The molecular formula is C9H13ClFNO2. The Balaban J connectivity index is 0.00000169. The molecule has 14 heavy (non-hydrogen) atoms. The lowest BCUT2D eigenvalue weighted by atomic mass is 10.0. The summed E-state index contributed by atoms with van der Waals surface area (Å²) in [6.45, 7) is 1.52. The highest BCUT2D eigenvalue weighted by atomic mass is 35.5. The maximum Gasteiger partial charge on any atom is 0.165 e. The number of phenolic OH excluding ortho intramolecular Hbond substituents is 1. The van der Waals surface area contributed by atoms with Gasteiger partial charge in [-0.05, 0) is 24.6 Å². The maximum absolute atomic E-state index is 12.8. The molecule has 0 saturated heterocycles. The number of aliphatic hydroxyl groups excluding tert-OH is 1. The van der Waals surface area contributed by atoms with Crippen LogP contribution in [0.25, 0.3) is 0 Å². The Kier molecular flexibility index (Phi) is 4.83.